The molecule has 0 radical (unpaired) electrons. The fourth-order valence-electron chi connectivity index (χ4n) is 0.122. The Morgan fingerprint density at radius 3 is 2.11 bits per heavy atom. The highest BCUT2D eigenvalue weighted by molar-refractivity contribution is 7.80. The van der Waals surface area contributed by atoms with Crippen molar-refractivity contribution in [1.82, 2.24) is 0 Å². The zero-order chi connectivity index (χ0) is 6.73. The predicted molar refractivity (Wildman–Crippen MR) is 40.8 cm³/mol. The number of carbonyl (C=O) groups is 1. The molecule has 0 amide bonds. The van der Waals surface area contributed by atoms with Gasteiger partial charge in [0.1, 0.15) is 5.92 Å². The smallest absolute Gasteiger partial charge is 0.313 e. The van der Waals surface area contributed by atoms with Gasteiger partial charge in [-0.2, -0.15) is 0 Å². The van der Waals surface area contributed by atoms with Crippen LogP contribution >= 0.6 is 24.6 Å². The molecule has 0 fully saturated rings. The Bertz CT molecular complexity index is 114. The van der Waals surface area contributed by atoms with Gasteiger partial charge in [0, 0.05) is 0 Å². The molecule has 1 atom stereocenters. The van der Waals surface area contributed by atoms with E-state index >= 15 is 0 Å². The minimum atomic E-state index is -0.975. The molecule has 3 nitrogen and oxygen atoms in total. The Labute approximate surface area is 64.6 Å². The predicted octanol–water partition coefficient (Wildman–Crippen LogP) is 0.415. The van der Waals surface area contributed by atoms with Crippen molar-refractivity contribution in [2.75, 3.05) is 0 Å². The van der Waals surface area contributed by atoms with Crippen LogP contribution < -0.4 is 5.73 Å². The van der Waals surface area contributed by atoms with Crippen LogP contribution in [0, 0.1) is 5.92 Å². The Kier molecular flexibility index (Phi) is 5.75. The van der Waals surface area contributed by atoms with Crippen LogP contribution in [0.25, 0.3) is 0 Å². The molecule has 0 aliphatic rings. The first-order valence-corrected chi connectivity index (χ1v) is 2.48. The van der Waals surface area contributed by atoms with E-state index in [9.17, 15) is 4.79 Å². The molecule has 0 aliphatic heterocycles. The van der Waals surface area contributed by atoms with E-state index in [1.807, 2.05) is 0 Å². The van der Waals surface area contributed by atoms with Gasteiger partial charge in [-0.3, -0.25) is 4.79 Å². The average Bonchev–Trinajstić information content (AvgIpc) is 1.64. The van der Waals surface area contributed by atoms with Gasteiger partial charge >= 0.3 is 5.97 Å². The molecule has 3 N–H and O–H groups in total. The van der Waals surface area contributed by atoms with Crippen molar-refractivity contribution in [3.8, 4) is 0 Å². The summed E-state index contributed by atoms with van der Waals surface area (Å²) in [7, 11) is 0. The molecule has 0 saturated heterocycles. The summed E-state index contributed by atoms with van der Waals surface area (Å²) in [5, 5.41) is 8.18. The first-order valence-electron chi connectivity index (χ1n) is 2.08. The van der Waals surface area contributed by atoms with Gasteiger partial charge in [-0.25, -0.2) is 0 Å². The highest BCUT2D eigenvalue weighted by Gasteiger charge is 2.12. The first-order chi connectivity index (χ1) is 3.55. The van der Waals surface area contributed by atoms with Crippen LogP contribution in [0.4, 0.5) is 0 Å². The van der Waals surface area contributed by atoms with E-state index in [2.05, 4.69) is 12.2 Å². The molecule has 9 heavy (non-hydrogen) atoms. The van der Waals surface area contributed by atoms with E-state index in [4.69, 9.17) is 10.8 Å². The molecule has 0 aromatic carbocycles. The number of halogens is 1. The van der Waals surface area contributed by atoms with Gasteiger partial charge in [-0.05, 0) is 6.92 Å². The van der Waals surface area contributed by atoms with Crippen molar-refractivity contribution in [3.63, 3.8) is 0 Å². The second-order valence-electron chi connectivity index (χ2n) is 1.46. The maximum atomic E-state index is 9.97. The van der Waals surface area contributed by atoms with Crippen LogP contribution in [0.1, 0.15) is 6.92 Å². The second kappa shape index (κ2) is 4.52. The molecular formula is C4H8ClNO2S. The van der Waals surface area contributed by atoms with E-state index in [-0.39, 0.29) is 17.4 Å². The number of thiocarbonyl (C=S) groups is 1. The zero-order valence-corrected chi connectivity index (χ0v) is 6.46. The number of nitrogens with two attached hydrogens (primary N) is 1. The Hall–Kier alpha value is -0.350. The van der Waals surface area contributed by atoms with Gasteiger partial charge in [-0.15, -0.1) is 12.4 Å². The van der Waals surface area contributed by atoms with Crippen LogP contribution in [0.5, 0.6) is 0 Å². The first kappa shape index (κ1) is 11.4. The number of hydrogen-bond acceptors (Lipinski definition) is 2. The molecule has 0 saturated carbocycles. The molecule has 0 rings (SSSR count). The van der Waals surface area contributed by atoms with Crippen LogP contribution in [-0.4, -0.2) is 16.1 Å². The molecule has 0 heterocycles. The quantitative estimate of drug-likeness (QED) is 0.588. The standard InChI is InChI=1S/C4H7NO2S.ClH/c1-2(3(5)8)4(6)7;/h2H,1H3,(H2,5,8)(H,6,7);1H. The lowest BCUT2D eigenvalue weighted by atomic mass is 10.2. The summed E-state index contributed by atoms with van der Waals surface area (Å²) in [6.45, 7) is 1.45. The average molecular weight is 170 g/mol. The van der Waals surface area contributed by atoms with E-state index < -0.39 is 11.9 Å². The van der Waals surface area contributed by atoms with Crippen molar-refractivity contribution in [1.29, 1.82) is 0 Å². The summed E-state index contributed by atoms with van der Waals surface area (Å²) in [5.74, 6) is -1.68. The summed E-state index contributed by atoms with van der Waals surface area (Å²) in [4.78, 5) is 10.00. The minimum Gasteiger partial charge on any atom is -0.481 e. The van der Waals surface area contributed by atoms with Crippen LogP contribution in [-0.2, 0) is 4.79 Å². The fraction of sp³-hybridized carbons (Fsp3) is 0.500. The SMILES string of the molecule is CC(C(=O)O)C(N)=S.Cl. The third-order valence-electron chi connectivity index (χ3n) is 0.797. The number of aliphatic carboxylic acids is 1. The highest BCUT2D eigenvalue weighted by Crippen LogP contribution is 1.92. The summed E-state index contributed by atoms with van der Waals surface area (Å²) < 4.78 is 0. The van der Waals surface area contributed by atoms with Gasteiger partial charge in [0.25, 0.3) is 0 Å². The van der Waals surface area contributed by atoms with Gasteiger partial charge in [0.15, 0.2) is 0 Å². The van der Waals surface area contributed by atoms with Crippen LogP contribution in [0.3, 0.4) is 0 Å². The molecular weight excluding hydrogens is 162 g/mol. The van der Waals surface area contributed by atoms with Gasteiger partial charge < -0.3 is 10.8 Å². The lowest BCUT2D eigenvalue weighted by Gasteiger charge is -1.99. The second-order valence-corrected chi connectivity index (χ2v) is 1.93. The summed E-state index contributed by atoms with van der Waals surface area (Å²) in [6, 6.07) is 0. The van der Waals surface area contributed by atoms with Gasteiger partial charge in [0.2, 0.25) is 0 Å². The Balaban J connectivity index is 0. The molecule has 0 aromatic rings. The number of hydrogen-bond donors (Lipinski definition) is 2. The lowest BCUT2D eigenvalue weighted by Crippen LogP contribution is -2.25. The van der Waals surface area contributed by atoms with E-state index in [1.165, 1.54) is 6.92 Å². The minimum absolute atomic E-state index is 0. The normalized spacial score (nSPS) is 11.2. The fourth-order valence-corrected chi connectivity index (χ4v) is 0.223. The van der Waals surface area contributed by atoms with Gasteiger partial charge in [-0.1, -0.05) is 12.2 Å². The van der Waals surface area contributed by atoms with E-state index in [0.29, 0.717) is 0 Å². The number of carboxylic acids is 1. The lowest BCUT2D eigenvalue weighted by molar-refractivity contribution is -0.138. The van der Waals surface area contributed by atoms with Crippen molar-refractivity contribution < 1.29 is 9.90 Å². The van der Waals surface area contributed by atoms with Crippen LogP contribution in [0.15, 0.2) is 0 Å². The topological polar surface area (TPSA) is 63.3 Å². The summed E-state index contributed by atoms with van der Waals surface area (Å²) in [5.41, 5.74) is 4.99. The molecule has 54 valence electrons. The third kappa shape index (κ3) is 4.17. The maximum absolute atomic E-state index is 9.97. The monoisotopic (exact) mass is 169 g/mol. The summed E-state index contributed by atoms with van der Waals surface area (Å²) >= 11 is 4.39. The molecule has 0 bridgehead atoms. The van der Waals surface area contributed by atoms with Crippen molar-refractivity contribution in [3.05, 3.63) is 0 Å². The molecule has 0 spiro atoms. The highest BCUT2D eigenvalue weighted by atomic mass is 35.5. The number of carboxylic acid groups (broad SMARTS) is 1. The van der Waals surface area contributed by atoms with Crippen molar-refractivity contribution in [2.24, 2.45) is 11.7 Å². The van der Waals surface area contributed by atoms with E-state index in [1.54, 1.807) is 0 Å². The summed E-state index contributed by atoms with van der Waals surface area (Å²) in [6.07, 6.45) is 0. The Morgan fingerprint density at radius 1 is 1.78 bits per heavy atom. The molecule has 1 unspecified atom stereocenters. The molecule has 0 aliphatic carbocycles. The maximum Gasteiger partial charge on any atom is 0.313 e. The van der Waals surface area contributed by atoms with Gasteiger partial charge in [0.05, 0.1) is 4.99 Å². The molecule has 5 heteroatoms. The number of rotatable bonds is 2. The largest absolute Gasteiger partial charge is 0.481 e. The van der Waals surface area contributed by atoms with Crippen molar-refractivity contribution in [2.45, 2.75) is 6.92 Å². The van der Waals surface area contributed by atoms with E-state index in [0.717, 1.165) is 0 Å². The zero-order valence-electron chi connectivity index (χ0n) is 4.83. The molecule has 0 aromatic heterocycles. The Morgan fingerprint density at radius 2 is 2.11 bits per heavy atom. The van der Waals surface area contributed by atoms with Crippen molar-refractivity contribution >= 4 is 35.6 Å². The van der Waals surface area contributed by atoms with Crippen LogP contribution in [0.2, 0.25) is 0 Å². The third-order valence-corrected chi connectivity index (χ3v) is 1.15.